The highest BCUT2D eigenvalue weighted by atomic mass is 35.5. The maximum absolute atomic E-state index is 14.5. The van der Waals surface area contributed by atoms with Crippen LogP contribution in [0.1, 0.15) is 54.0 Å². The van der Waals surface area contributed by atoms with Gasteiger partial charge in [0.25, 0.3) is 0 Å². The lowest BCUT2D eigenvalue weighted by Gasteiger charge is -2.47. The molecule has 216 valence electrons. The second kappa shape index (κ2) is 9.96. The highest BCUT2D eigenvalue weighted by molar-refractivity contribution is 7.98. The molecule has 0 N–H and O–H groups in total. The topological polar surface area (TPSA) is 98.8 Å². The van der Waals surface area contributed by atoms with Gasteiger partial charge in [-0.3, -0.25) is 9.48 Å². The number of benzene rings is 1. The predicted octanol–water partition coefficient (Wildman–Crippen LogP) is 4.70. The third-order valence-corrected chi connectivity index (χ3v) is 10.9. The first-order valence-corrected chi connectivity index (χ1v) is 15.9. The Kier molecular flexibility index (Phi) is 6.45. The van der Waals surface area contributed by atoms with Gasteiger partial charge in [0.2, 0.25) is 5.78 Å². The second-order valence-electron chi connectivity index (χ2n) is 11.4. The van der Waals surface area contributed by atoms with Gasteiger partial charge in [-0.2, -0.15) is 10.2 Å². The molecular formula is C30H29ClFN7O2S. The molecule has 1 unspecified atom stereocenters. The zero-order valence-corrected chi connectivity index (χ0v) is 24.6. The average molecular weight is 606 g/mol. The molecule has 0 bridgehead atoms. The summed E-state index contributed by atoms with van der Waals surface area (Å²) in [5.74, 6) is 3.72. The molecule has 0 saturated heterocycles. The summed E-state index contributed by atoms with van der Waals surface area (Å²) in [7, 11) is -1.11. The van der Waals surface area contributed by atoms with Crippen molar-refractivity contribution in [3.8, 4) is 5.69 Å². The fourth-order valence-corrected chi connectivity index (χ4v) is 8.77. The third kappa shape index (κ3) is 4.50. The second-order valence-corrected chi connectivity index (χ2v) is 13.9. The van der Waals surface area contributed by atoms with Crippen LogP contribution in [0.3, 0.4) is 0 Å². The molecule has 0 amide bonds. The molecule has 0 spiro atoms. The minimum absolute atomic E-state index is 0.0569. The van der Waals surface area contributed by atoms with Crippen molar-refractivity contribution < 1.29 is 13.4 Å². The number of aromatic nitrogens is 6. The molecule has 0 aliphatic heterocycles. The van der Waals surface area contributed by atoms with Crippen LogP contribution < -0.4 is 0 Å². The van der Waals surface area contributed by atoms with Crippen LogP contribution in [0.25, 0.3) is 11.8 Å². The zero-order valence-electron chi connectivity index (χ0n) is 23.0. The lowest BCUT2D eigenvalue weighted by molar-refractivity contribution is 0.0730. The first-order chi connectivity index (χ1) is 20.2. The van der Waals surface area contributed by atoms with Crippen molar-refractivity contribution in [1.82, 2.24) is 33.8 Å². The first-order valence-electron chi connectivity index (χ1n) is 13.9. The summed E-state index contributed by atoms with van der Waals surface area (Å²) in [6.45, 7) is 0. The van der Waals surface area contributed by atoms with Crippen molar-refractivity contribution in [1.29, 1.82) is 0 Å². The summed E-state index contributed by atoms with van der Waals surface area (Å²) < 4.78 is 33.5. The number of Topliss-reactive ketones (excluding diaryl/α,β-unsaturated/α-hetero) is 1. The van der Waals surface area contributed by atoms with Crippen molar-refractivity contribution in [2.24, 2.45) is 12.5 Å². The van der Waals surface area contributed by atoms with Crippen LogP contribution in [0.15, 0.2) is 65.6 Å². The van der Waals surface area contributed by atoms with E-state index in [9.17, 15) is 13.4 Å². The van der Waals surface area contributed by atoms with E-state index >= 15 is 0 Å². The Morgan fingerprint density at radius 2 is 1.95 bits per heavy atom. The number of carbonyl (C=O) groups is 1. The van der Waals surface area contributed by atoms with Crippen molar-refractivity contribution in [3.05, 3.63) is 88.6 Å². The molecule has 3 aliphatic carbocycles. The van der Waals surface area contributed by atoms with E-state index in [1.165, 1.54) is 18.3 Å². The van der Waals surface area contributed by atoms with Gasteiger partial charge < -0.3 is 0 Å². The molecule has 3 atom stereocenters. The molecule has 1 aromatic carbocycles. The van der Waals surface area contributed by atoms with Gasteiger partial charge in [0.1, 0.15) is 11.0 Å². The van der Waals surface area contributed by atoms with E-state index < -0.39 is 15.1 Å². The zero-order chi connectivity index (χ0) is 29.2. The van der Waals surface area contributed by atoms with Crippen LogP contribution in [-0.2, 0) is 23.2 Å². The van der Waals surface area contributed by atoms with Gasteiger partial charge in [-0.25, -0.2) is 27.6 Å². The number of carbonyl (C=O) groups excluding carboxylic acids is 1. The lowest BCUT2D eigenvalue weighted by atomic mass is 9.60. The van der Waals surface area contributed by atoms with Crippen LogP contribution in [-0.4, -0.2) is 61.8 Å². The van der Waals surface area contributed by atoms with Crippen molar-refractivity contribution in [2.75, 3.05) is 0 Å². The van der Waals surface area contributed by atoms with Gasteiger partial charge in [0, 0.05) is 31.5 Å². The first kappa shape index (κ1) is 27.2. The molecule has 0 radical (unpaired) electrons. The molecular weight excluding hydrogens is 577 g/mol. The quantitative estimate of drug-likeness (QED) is 0.172. The predicted molar refractivity (Wildman–Crippen MR) is 158 cm³/mol. The van der Waals surface area contributed by atoms with Gasteiger partial charge >= 0.3 is 0 Å². The van der Waals surface area contributed by atoms with E-state index in [2.05, 4.69) is 26.0 Å². The Morgan fingerprint density at radius 3 is 2.64 bits per heavy atom. The van der Waals surface area contributed by atoms with E-state index in [1.807, 2.05) is 10.4 Å². The third-order valence-electron chi connectivity index (χ3n) is 8.59. The number of aryl methyl sites for hydroxylation is 1. The van der Waals surface area contributed by atoms with Crippen LogP contribution >= 0.6 is 11.6 Å². The molecule has 3 aliphatic rings. The number of hydrogen-bond acceptors (Lipinski definition) is 6. The Hall–Kier alpha value is -3.67. The molecule has 3 aromatic heterocycles. The Morgan fingerprint density at radius 1 is 1.17 bits per heavy atom. The van der Waals surface area contributed by atoms with E-state index in [0.717, 1.165) is 35.4 Å². The monoisotopic (exact) mass is 605 g/mol. The largest absolute Gasteiger partial charge is 0.290 e. The minimum Gasteiger partial charge on any atom is -0.290 e. The number of halogens is 2. The van der Waals surface area contributed by atoms with Crippen LogP contribution in [0.2, 0.25) is 5.15 Å². The van der Waals surface area contributed by atoms with Gasteiger partial charge in [0.15, 0.2) is 10.9 Å². The van der Waals surface area contributed by atoms with Crippen LogP contribution in [0.4, 0.5) is 4.39 Å². The fraction of sp³-hybridized carbons (Fsp3) is 0.333. The summed E-state index contributed by atoms with van der Waals surface area (Å²) in [5, 5.41) is 9.71. The summed E-state index contributed by atoms with van der Waals surface area (Å²) in [4.78, 5) is 23.1. The molecule has 42 heavy (non-hydrogen) atoms. The number of ketones is 1. The summed E-state index contributed by atoms with van der Waals surface area (Å²) in [6.07, 6.45) is 11.0. The fourth-order valence-electron chi connectivity index (χ4n) is 6.53. The molecule has 12 heteroatoms. The molecule has 4 aromatic rings. The molecule has 3 heterocycles. The summed E-state index contributed by atoms with van der Waals surface area (Å²) >= 11 is 6.20. The van der Waals surface area contributed by atoms with Gasteiger partial charge in [-0.1, -0.05) is 17.2 Å². The Labute approximate surface area is 248 Å². The van der Waals surface area contributed by atoms with E-state index in [4.69, 9.17) is 11.6 Å². The minimum atomic E-state index is -2.90. The number of fused-ring (bicyclic) bond motifs is 2. The Bertz CT molecular complexity index is 1840. The molecule has 2 fully saturated rings. The van der Waals surface area contributed by atoms with Crippen molar-refractivity contribution in [3.63, 3.8) is 0 Å². The maximum atomic E-state index is 14.5. The molecule has 7 rings (SSSR count). The van der Waals surface area contributed by atoms with Crippen molar-refractivity contribution >= 4 is 39.0 Å². The molecule has 9 nitrogen and oxygen atoms in total. The summed E-state index contributed by atoms with van der Waals surface area (Å²) in [6, 6.07) is 9.40. The highest BCUT2D eigenvalue weighted by Crippen LogP contribution is 2.52. The number of hydrogen-bond donors (Lipinski definition) is 0. The number of allylic oxidation sites excluding steroid dienone is 1. The van der Waals surface area contributed by atoms with Gasteiger partial charge in [-0.15, -0.1) is 0 Å². The Balaban J connectivity index is 1.32. The average Bonchev–Trinajstić information content (AvgIpc) is 3.55. The normalized spacial score (nSPS) is 23.1. The van der Waals surface area contributed by atoms with E-state index in [1.54, 1.807) is 53.1 Å². The van der Waals surface area contributed by atoms with Crippen molar-refractivity contribution in [2.45, 2.75) is 55.6 Å². The SMILES string of the molecule is C=S(=O)(c1ccn(C)n1)N(C1CC1)[C@H]1CCC2=Cc3c(cnn3-c3ccc(F)cc3)C[C@]2(C(=O)c2nccc(Cl)n2)C1. The standard InChI is InChI=1S/C30H29ClFN7O2S/c1-37-14-12-27(36-37)42(2,41)39(23-9-10-23)24-6-3-20-15-25-19(18-34-38(25)22-7-4-21(32)5-8-22)16-30(20,17-24)28(40)29-33-13-11-26(31)35-29/h4-5,7-8,11-15,18,23-24H,2-3,6,9-10,16-17H2,1H3/t24-,30-,42?/m0/s1. The smallest absolute Gasteiger partial charge is 0.210 e. The van der Waals surface area contributed by atoms with E-state index in [0.29, 0.717) is 30.7 Å². The number of rotatable bonds is 7. The summed E-state index contributed by atoms with van der Waals surface area (Å²) in [5.41, 5.74) is 2.44. The van der Waals surface area contributed by atoms with Crippen LogP contribution in [0.5, 0.6) is 0 Å². The van der Waals surface area contributed by atoms with Gasteiger partial charge in [-0.05, 0) is 92.4 Å². The highest BCUT2D eigenvalue weighted by Gasteiger charge is 2.53. The number of nitrogens with zero attached hydrogens (tertiary/aromatic N) is 7. The maximum Gasteiger partial charge on any atom is 0.210 e. The van der Waals surface area contributed by atoms with Gasteiger partial charge in [0.05, 0.1) is 32.7 Å². The molecule has 2 saturated carbocycles. The van der Waals surface area contributed by atoms with E-state index in [-0.39, 0.29) is 34.7 Å². The lowest BCUT2D eigenvalue weighted by Crippen LogP contribution is -2.51. The van der Waals surface area contributed by atoms with Crippen LogP contribution in [0, 0.1) is 11.2 Å².